The maximum atomic E-state index is 13.4. The summed E-state index contributed by atoms with van der Waals surface area (Å²) in [7, 11) is 0. The maximum Gasteiger partial charge on any atom is 0.258 e. The lowest BCUT2D eigenvalue weighted by molar-refractivity contribution is -0.132. The zero-order chi connectivity index (χ0) is 23.1. The summed E-state index contributed by atoms with van der Waals surface area (Å²) in [4.78, 5) is 28.8. The molecule has 2 N–H and O–H groups in total. The van der Waals surface area contributed by atoms with Gasteiger partial charge in [0.05, 0.1) is 17.3 Å². The van der Waals surface area contributed by atoms with Gasteiger partial charge in [-0.05, 0) is 47.5 Å². The minimum absolute atomic E-state index is 0.157. The number of carbonyl (C=O) groups excluding carboxylic acids is 1. The normalized spacial score (nSPS) is 15.4. The number of rotatable bonds is 3. The second-order valence-corrected chi connectivity index (χ2v) is 9.19. The fourth-order valence-corrected chi connectivity index (χ4v) is 4.65. The Morgan fingerprint density at radius 2 is 1.73 bits per heavy atom. The number of amides is 1. The number of nitrogens with zero attached hydrogens (tertiary/aromatic N) is 1. The number of nitrogens with one attached hydrogen (secondary N) is 2. The molecule has 0 bridgehead atoms. The third-order valence-electron chi connectivity index (χ3n) is 5.70. The van der Waals surface area contributed by atoms with Gasteiger partial charge in [-0.1, -0.05) is 70.0 Å². The number of aromatic nitrogens is 1. The summed E-state index contributed by atoms with van der Waals surface area (Å²) < 4.78 is 0.949. The summed E-state index contributed by atoms with van der Waals surface area (Å²) in [6.45, 7) is 1.50. The van der Waals surface area contributed by atoms with E-state index < -0.39 is 0 Å². The van der Waals surface area contributed by atoms with Gasteiger partial charge in [-0.25, -0.2) is 5.01 Å². The van der Waals surface area contributed by atoms with E-state index >= 15 is 0 Å². The quantitative estimate of drug-likeness (QED) is 0.345. The van der Waals surface area contributed by atoms with E-state index in [1.165, 1.54) is 11.9 Å². The molecule has 1 aliphatic heterocycles. The number of hydrazine groups is 1. The molecule has 4 aromatic rings. The van der Waals surface area contributed by atoms with Gasteiger partial charge in [0.1, 0.15) is 0 Å². The Labute approximate surface area is 203 Å². The van der Waals surface area contributed by atoms with Crippen LogP contribution in [0.3, 0.4) is 0 Å². The number of aromatic amines is 1. The van der Waals surface area contributed by atoms with Crippen molar-refractivity contribution in [2.45, 2.75) is 13.0 Å². The minimum atomic E-state index is -0.358. The number of pyridine rings is 1. The Morgan fingerprint density at radius 1 is 1.00 bits per heavy atom. The number of hydrogen-bond donors (Lipinski definition) is 2. The second-order valence-electron chi connectivity index (χ2n) is 7.84. The molecule has 1 aromatic heterocycles. The fourth-order valence-electron chi connectivity index (χ4n) is 4.22. The van der Waals surface area contributed by atoms with Gasteiger partial charge in [0, 0.05) is 32.9 Å². The summed E-state index contributed by atoms with van der Waals surface area (Å²) >= 11 is 9.78. The molecule has 2 heterocycles. The molecule has 33 heavy (non-hydrogen) atoms. The molecule has 0 fully saturated rings. The zero-order valence-electron chi connectivity index (χ0n) is 17.6. The maximum absolute atomic E-state index is 13.4. The van der Waals surface area contributed by atoms with E-state index in [9.17, 15) is 9.59 Å². The lowest BCUT2D eigenvalue weighted by Gasteiger charge is -2.24. The van der Waals surface area contributed by atoms with E-state index in [0.29, 0.717) is 21.8 Å². The van der Waals surface area contributed by atoms with Gasteiger partial charge in [-0.2, -0.15) is 0 Å². The number of hydrogen-bond acceptors (Lipinski definition) is 3. The molecule has 0 saturated heterocycles. The van der Waals surface area contributed by atoms with Crippen LogP contribution in [0.15, 0.2) is 88.1 Å². The molecule has 0 unspecified atom stereocenters. The smallest absolute Gasteiger partial charge is 0.258 e. The molecule has 5 rings (SSSR count). The highest BCUT2D eigenvalue weighted by molar-refractivity contribution is 9.10. The van der Waals surface area contributed by atoms with Crippen LogP contribution in [0.4, 0.5) is 0 Å². The van der Waals surface area contributed by atoms with Crippen molar-refractivity contribution in [2.75, 3.05) is 0 Å². The van der Waals surface area contributed by atoms with Gasteiger partial charge in [0.15, 0.2) is 0 Å². The van der Waals surface area contributed by atoms with Crippen LogP contribution < -0.4 is 11.0 Å². The Morgan fingerprint density at radius 3 is 2.42 bits per heavy atom. The predicted octanol–water partition coefficient (Wildman–Crippen LogP) is 6.06. The lowest BCUT2D eigenvalue weighted by Crippen LogP contribution is -2.38. The first-order chi connectivity index (χ1) is 15.9. The summed E-state index contributed by atoms with van der Waals surface area (Å²) in [5.74, 6) is -0.157. The van der Waals surface area contributed by atoms with Crippen molar-refractivity contribution in [3.8, 4) is 11.1 Å². The van der Waals surface area contributed by atoms with Gasteiger partial charge in [0.25, 0.3) is 5.56 Å². The molecular weight excluding hydrogens is 502 g/mol. The van der Waals surface area contributed by atoms with E-state index in [-0.39, 0.29) is 17.5 Å². The Bertz CT molecular complexity index is 1460. The van der Waals surface area contributed by atoms with E-state index in [0.717, 1.165) is 26.5 Å². The monoisotopic (exact) mass is 519 g/mol. The molecule has 0 spiro atoms. The van der Waals surface area contributed by atoms with Gasteiger partial charge < -0.3 is 4.98 Å². The number of fused-ring (bicyclic) bond motifs is 1. The third kappa shape index (κ3) is 3.96. The van der Waals surface area contributed by atoms with E-state index in [1.807, 2.05) is 66.7 Å². The van der Waals surface area contributed by atoms with Crippen LogP contribution in [0, 0.1) is 0 Å². The molecule has 1 aliphatic rings. The molecule has 0 saturated carbocycles. The first kappa shape index (κ1) is 21.5. The average molecular weight is 521 g/mol. The highest BCUT2D eigenvalue weighted by Gasteiger charge is 2.31. The number of halogens is 2. The fraction of sp³-hybridized carbons (Fsp3) is 0.0769. The molecule has 0 aliphatic carbocycles. The van der Waals surface area contributed by atoms with Crippen molar-refractivity contribution >= 4 is 50.0 Å². The second kappa shape index (κ2) is 8.54. The highest BCUT2D eigenvalue weighted by Crippen LogP contribution is 2.37. The Balaban J connectivity index is 1.77. The minimum Gasteiger partial charge on any atom is -0.321 e. The van der Waals surface area contributed by atoms with Gasteiger partial charge in [-0.3, -0.25) is 15.0 Å². The van der Waals surface area contributed by atoms with Crippen LogP contribution in [-0.2, 0) is 4.79 Å². The molecule has 164 valence electrons. The SMILES string of the molecule is CC(=O)N1NC(c2c(-c3ccccc3)c3cc(Cl)ccc3[nH]c2=O)=C[C@@H]1c1ccc(Br)cc1. The van der Waals surface area contributed by atoms with Crippen LogP contribution in [-0.4, -0.2) is 15.9 Å². The van der Waals surface area contributed by atoms with Crippen molar-refractivity contribution in [1.82, 2.24) is 15.4 Å². The number of carbonyl (C=O) groups is 1. The molecular formula is C26H19BrClN3O2. The number of H-pyrrole nitrogens is 1. The van der Waals surface area contributed by atoms with E-state index in [2.05, 4.69) is 26.3 Å². The Hall–Kier alpha value is -3.35. The first-order valence-corrected chi connectivity index (χ1v) is 11.5. The summed E-state index contributed by atoms with van der Waals surface area (Å²) in [6.07, 6.45) is 1.91. The summed E-state index contributed by atoms with van der Waals surface area (Å²) in [5.41, 5.74) is 7.23. The number of benzene rings is 3. The standard InChI is InChI=1S/C26H19BrClN3O2/c1-15(32)31-23(16-7-9-18(27)10-8-16)14-22(30-31)25-24(17-5-3-2-4-6-17)20-13-19(28)11-12-21(20)29-26(25)33/h2-14,23,30H,1H3,(H,29,33)/t23-/m1/s1. The molecule has 0 radical (unpaired) electrons. The molecule has 1 atom stereocenters. The summed E-state index contributed by atoms with van der Waals surface area (Å²) in [6, 6.07) is 22.5. The van der Waals surface area contributed by atoms with Gasteiger partial charge >= 0.3 is 0 Å². The van der Waals surface area contributed by atoms with Crippen LogP contribution in [0.1, 0.15) is 24.1 Å². The average Bonchev–Trinajstić information content (AvgIpc) is 3.25. The largest absolute Gasteiger partial charge is 0.321 e. The van der Waals surface area contributed by atoms with E-state index in [4.69, 9.17) is 11.6 Å². The van der Waals surface area contributed by atoms with E-state index in [1.54, 1.807) is 12.1 Å². The van der Waals surface area contributed by atoms with Crippen molar-refractivity contribution in [2.24, 2.45) is 0 Å². The molecule has 7 heteroatoms. The molecule has 5 nitrogen and oxygen atoms in total. The third-order valence-corrected chi connectivity index (χ3v) is 6.47. The van der Waals surface area contributed by atoms with Crippen LogP contribution in [0.25, 0.3) is 27.7 Å². The van der Waals surface area contributed by atoms with Crippen molar-refractivity contribution in [3.05, 3.63) is 110 Å². The zero-order valence-corrected chi connectivity index (χ0v) is 19.9. The Kier molecular flexibility index (Phi) is 5.56. The lowest BCUT2D eigenvalue weighted by atomic mass is 9.94. The summed E-state index contributed by atoms with van der Waals surface area (Å²) in [5, 5.41) is 2.94. The van der Waals surface area contributed by atoms with Crippen LogP contribution in [0.2, 0.25) is 5.02 Å². The van der Waals surface area contributed by atoms with Gasteiger partial charge in [-0.15, -0.1) is 0 Å². The van der Waals surface area contributed by atoms with Crippen LogP contribution >= 0.6 is 27.5 Å². The molecule has 1 amide bonds. The van der Waals surface area contributed by atoms with Crippen molar-refractivity contribution in [3.63, 3.8) is 0 Å². The van der Waals surface area contributed by atoms with Crippen LogP contribution in [0.5, 0.6) is 0 Å². The van der Waals surface area contributed by atoms with Crippen molar-refractivity contribution < 1.29 is 4.79 Å². The topological polar surface area (TPSA) is 65.2 Å². The highest BCUT2D eigenvalue weighted by atomic mass is 79.9. The molecule has 3 aromatic carbocycles. The first-order valence-electron chi connectivity index (χ1n) is 10.4. The van der Waals surface area contributed by atoms with Crippen molar-refractivity contribution in [1.29, 1.82) is 0 Å². The predicted molar refractivity (Wildman–Crippen MR) is 136 cm³/mol. The van der Waals surface area contributed by atoms with Gasteiger partial charge in [0.2, 0.25) is 5.91 Å².